The first-order valence-electron chi connectivity index (χ1n) is 9.21. The third kappa shape index (κ3) is 7.08. The second-order valence-electron chi connectivity index (χ2n) is 6.42. The molecule has 2 N–H and O–H groups in total. The molecule has 0 saturated heterocycles. The topological polar surface area (TPSA) is 50.4 Å². The smallest absolute Gasteiger partial charge is 0.261 e. The summed E-state index contributed by atoms with van der Waals surface area (Å²) in [6, 6.07) is 10.8. The van der Waals surface area contributed by atoms with Gasteiger partial charge in [-0.1, -0.05) is 59.8 Å². The number of hydrogen-bond donors (Lipinski definition) is 2. The molecule has 0 aromatic heterocycles. The molecule has 28 heavy (non-hydrogen) atoms. The highest BCUT2D eigenvalue weighted by Gasteiger charge is 2.15. The Morgan fingerprint density at radius 2 is 1.96 bits per heavy atom. The first-order valence-corrected chi connectivity index (χ1v) is 10.8. The Labute approximate surface area is 185 Å². The summed E-state index contributed by atoms with van der Waals surface area (Å²) in [5.41, 5.74) is 2.15. The number of rotatable bonds is 8. The predicted molar refractivity (Wildman–Crippen MR) is 124 cm³/mol. The maximum atomic E-state index is 12.7. The van der Waals surface area contributed by atoms with E-state index in [4.69, 9.17) is 28.6 Å². The number of halogens is 2. The molecule has 0 fully saturated rings. The summed E-state index contributed by atoms with van der Waals surface area (Å²) in [5.74, 6) is 0.209. The van der Waals surface area contributed by atoms with Crippen LogP contribution >= 0.6 is 39.7 Å². The summed E-state index contributed by atoms with van der Waals surface area (Å²) in [4.78, 5) is 12.7. The molecular formula is C21H24BrClN2O2S. The van der Waals surface area contributed by atoms with Crippen LogP contribution in [0.15, 0.2) is 40.9 Å². The lowest BCUT2D eigenvalue weighted by Crippen LogP contribution is -2.34. The molecule has 0 aliphatic carbocycles. The Morgan fingerprint density at radius 1 is 1.18 bits per heavy atom. The second-order valence-corrected chi connectivity index (χ2v) is 8.18. The lowest BCUT2D eigenvalue weighted by molar-refractivity contribution is 0.0973. The number of thiocarbonyl (C=S) groups is 1. The van der Waals surface area contributed by atoms with E-state index in [2.05, 4.69) is 33.5 Å². The predicted octanol–water partition coefficient (Wildman–Crippen LogP) is 6.50. The summed E-state index contributed by atoms with van der Waals surface area (Å²) in [5, 5.41) is 6.51. The summed E-state index contributed by atoms with van der Waals surface area (Å²) < 4.78 is 6.62. The Kier molecular flexibility index (Phi) is 9.22. The molecule has 0 radical (unpaired) electrons. The number of anilines is 1. The van der Waals surface area contributed by atoms with Gasteiger partial charge in [-0.05, 0) is 61.5 Å². The van der Waals surface area contributed by atoms with E-state index in [-0.39, 0.29) is 11.0 Å². The van der Waals surface area contributed by atoms with Crippen LogP contribution < -0.4 is 15.4 Å². The van der Waals surface area contributed by atoms with Gasteiger partial charge in [-0.3, -0.25) is 10.1 Å². The van der Waals surface area contributed by atoms with Crippen LogP contribution in [0.25, 0.3) is 0 Å². The SMILES string of the molecule is CCCCCCOc1ccc(Br)cc1C(=O)NC(=S)Nc1cc(Cl)ccc1C. The Morgan fingerprint density at radius 3 is 2.71 bits per heavy atom. The van der Waals surface area contributed by atoms with Gasteiger partial charge < -0.3 is 10.1 Å². The van der Waals surface area contributed by atoms with E-state index in [0.717, 1.165) is 28.6 Å². The minimum absolute atomic E-state index is 0.198. The zero-order chi connectivity index (χ0) is 20.5. The van der Waals surface area contributed by atoms with Gasteiger partial charge in [0.25, 0.3) is 5.91 Å². The highest BCUT2D eigenvalue weighted by Crippen LogP contribution is 2.24. The van der Waals surface area contributed by atoms with Gasteiger partial charge in [0, 0.05) is 15.2 Å². The molecule has 150 valence electrons. The number of carbonyl (C=O) groups excluding carboxylic acids is 1. The van der Waals surface area contributed by atoms with E-state index in [1.807, 2.05) is 19.1 Å². The third-order valence-corrected chi connectivity index (χ3v) is 5.05. The molecule has 0 atom stereocenters. The fourth-order valence-corrected chi connectivity index (χ4v) is 3.31. The van der Waals surface area contributed by atoms with Crippen LogP contribution in [0.3, 0.4) is 0 Å². The van der Waals surface area contributed by atoms with Crippen molar-refractivity contribution in [2.45, 2.75) is 39.5 Å². The van der Waals surface area contributed by atoms with Crippen LogP contribution in [0.1, 0.15) is 48.5 Å². The van der Waals surface area contributed by atoms with Gasteiger partial charge in [0.1, 0.15) is 5.75 Å². The zero-order valence-electron chi connectivity index (χ0n) is 16.0. The number of unbranched alkanes of at least 4 members (excludes halogenated alkanes) is 3. The highest BCUT2D eigenvalue weighted by molar-refractivity contribution is 9.10. The molecule has 0 saturated carbocycles. The van der Waals surface area contributed by atoms with Gasteiger partial charge in [-0.25, -0.2) is 0 Å². The van der Waals surface area contributed by atoms with Crippen LogP contribution in [-0.4, -0.2) is 17.6 Å². The molecule has 0 aliphatic rings. The molecule has 0 bridgehead atoms. The Hall–Kier alpha value is -1.63. The highest BCUT2D eigenvalue weighted by atomic mass is 79.9. The van der Waals surface area contributed by atoms with Crippen molar-refractivity contribution >= 4 is 56.5 Å². The fraction of sp³-hybridized carbons (Fsp3) is 0.333. The molecule has 0 heterocycles. The van der Waals surface area contributed by atoms with Gasteiger partial charge in [0.2, 0.25) is 0 Å². The quantitative estimate of drug-likeness (QED) is 0.332. The summed E-state index contributed by atoms with van der Waals surface area (Å²) in [7, 11) is 0. The lowest BCUT2D eigenvalue weighted by Gasteiger charge is -2.14. The van der Waals surface area contributed by atoms with E-state index in [1.54, 1.807) is 24.3 Å². The van der Waals surface area contributed by atoms with Crippen molar-refractivity contribution in [2.75, 3.05) is 11.9 Å². The van der Waals surface area contributed by atoms with Gasteiger partial charge in [0.05, 0.1) is 12.2 Å². The molecule has 2 aromatic rings. The average molecular weight is 484 g/mol. The standard InChI is InChI=1S/C21H24BrClN2O2S/c1-3-4-5-6-11-27-19-10-8-15(22)12-17(19)20(26)25-21(28)24-18-13-16(23)9-7-14(18)2/h7-10,12-13H,3-6,11H2,1-2H3,(H2,24,25,26,28). The molecule has 1 amide bonds. The minimum atomic E-state index is -0.331. The van der Waals surface area contributed by atoms with E-state index in [9.17, 15) is 4.79 Å². The number of aryl methyl sites for hydroxylation is 1. The van der Waals surface area contributed by atoms with E-state index < -0.39 is 0 Å². The molecule has 0 aliphatic heterocycles. The fourth-order valence-electron chi connectivity index (χ4n) is 2.57. The summed E-state index contributed by atoms with van der Waals surface area (Å²) >= 11 is 14.7. The van der Waals surface area contributed by atoms with Crippen molar-refractivity contribution in [3.05, 3.63) is 57.0 Å². The molecule has 4 nitrogen and oxygen atoms in total. The van der Waals surface area contributed by atoms with Crippen molar-refractivity contribution in [1.82, 2.24) is 5.32 Å². The van der Waals surface area contributed by atoms with Gasteiger partial charge in [0.15, 0.2) is 5.11 Å². The number of nitrogens with one attached hydrogen (secondary N) is 2. The average Bonchev–Trinajstić information content (AvgIpc) is 2.65. The normalized spacial score (nSPS) is 10.4. The number of hydrogen-bond acceptors (Lipinski definition) is 3. The van der Waals surface area contributed by atoms with Crippen molar-refractivity contribution in [1.29, 1.82) is 0 Å². The van der Waals surface area contributed by atoms with E-state index in [0.29, 0.717) is 22.9 Å². The van der Waals surface area contributed by atoms with Crippen LogP contribution in [-0.2, 0) is 0 Å². The molecule has 0 unspecified atom stereocenters. The van der Waals surface area contributed by atoms with Crippen LogP contribution in [0.2, 0.25) is 5.02 Å². The summed E-state index contributed by atoms with van der Waals surface area (Å²) in [6.07, 6.45) is 4.42. The minimum Gasteiger partial charge on any atom is -0.493 e. The number of ether oxygens (including phenoxy) is 1. The number of amides is 1. The van der Waals surface area contributed by atoms with Crippen LogP contribution in [0.5, 0.6) is 5.75 Å². The molecular weight excluding hydrogens is 460 g/mol. The summed E-state index contributed by atoms with van der Waals surface area (Å²) in [6.45, 7) is 4.67. The van der Waals surface area contributed by atoms with Crippen molar-refractivity contribution in [2.24, 2.45) is 0 Å². The van der Waals surface area contributed by atoms with E-state index in [1.165, 1.54) is 12.8 Å². The maximum Gasteiger partial charge on any atom is 0.261 e. The Balaban J connectivity index is 2.03. The van der Waals surface area contributed by atoms with Crippen molar-refractivity contribution in [3.8, 4) is 5.75 Å². The number of benzene rings is 2. The lowest BCUT2D eigenvalue weighted by atomic mass is 10.2. The van der Waals surface area contributed by atoms with Crippen LogP contribution in [0, 0.1) is 6.92 Å². The molecule has 2 rings (SSSR count). The van der Waals surface area contributed by atoms with Gasteiger partial charge in [-0.15, -0.1) is 0 Å². The molecule has 2 aromatic carbocycles. The van der Waals surface area contributed by atoms with Gasteiger partial charge in [-0.2, -0.15) is 0 Å². The second kappa shape index (κ2) is 11.4. The first-order chi connectivity index (χ1) is 13.4. The van der Waals surface area contributed by atoms with Crippen molar-refractivity contribution in [3.63, 3.8) is 0 Å². The Bertz CT molecular complexity index is 845. The van der Waals surface area contributed by atoms with Gasteiger partial charge >= 0.3 is 0 Å². The van der Waals surface area contributed by atoms with E-state index >= 15 is 0 Å². The maximum absolute atomic E-state index is 12.7. The zero-order valence-corrected chi connectivity index (χ0v) is 19.1. The number of carbonyl (C=O) groups is 1. The van der Waals surface area contributed by atoms with Crippen molar-refractivity contribution < 1.29 is 9.53 Å². The molecule has 7 heteroatoms. The first kappa shape index (κ1) is 22.7. The largest absolute Gasteiger partial charge is 0.493 e. The monoisotopic (exact) mass is 482 g/mol. The van der Waals surface area contributed by atoms with Crippen LogP contribution in [0.4, 0.5) is 5.69 Å². The molecule has 0 spiro atoms. The third-order valence-electron chi connectivity index (χ3n) is 4.12.